The molecule has 21 heavy (non-hydrogen) atoms. The molecule has 0 radical (unpaired) electrons. The molecule has 0 heterocycles. The van der Waals surface area contributed by atoms with Crippen molar-refractivity contribution in [2.24, 2.45) is 0 Å². The van der Waals surface area contributed by atoms with Gasteiger partial charge in [0.05, 0.1) is 10.0 Å². The highest BCUT2D eigenvalue weighted by Gasteiger charge is 2.26. The third kappa shape index (κ3) is 3.60. The molecule has 2 rings (SSSR count). The van der Waals surface area contributed by atoms with Gasteiger partial charge in [-0.25, -0.2) is 8.42 Å². The Bertz CT molecular complexity index is 745. The van der Waals surface area contributed by atoms with Crippen LogP contribution in [0.3, 0.4) is 0 Å². The lowest BCUT2D eigenvalue weighted by Crippen LogP contribution is -2.27. The Kier molecular flexibility index (Phi) is 5.33. The summed E-state index contributed by atoms with van der Waals surface area (Å²) in [6, 6.07) is 12.1. The van der Waals surface area contributed by atoms with Crippen LogP contribution in [0.2, 0.25) is 10.0 Å². The van der Waals surface area contributed by atoms with Gasteiger partial charge in [-0.2, -0.15) is 4.31 Å². The molecule has 0 aliphatic heterocycles. The van der Waals surface area contributed by atoms with E-state index in [4.69, 9.17) is 23.2 Å². The summed E-state index contributed by atoms with van der Waals surface area (Å²) in [5.74, 6) is 0. The Morgan fingerprint density at radius 1 is 1.05 bits per heavy atom. The van der Waals surface area contributed by atoms with E-state index in [0.29, 0.717) is 0 Å². The lowest BCUT2D eigenvalue weighted by molar-refractivity contribution is 0.466. The first-order valence-electron chi connectivity index (χ1n) is 5.98. The molecule has 2 aromatic carbocycles. The predicted molar refractivity (Wildman–Crippen MR) is 89.3 cm³/mol. The first-order valence-corrected chi connectivity index (χ1v) is 8.96. The van der Waals surface area contributed by atoms with Crippen LogP contribution in [-0.4, -0.2) is 19.8 Å². The van der Waals surface area contributed by atoms with Gasteiger partial charge >= 0.3 is 0 Å². The van der Waals surface area contributed by atoms with E-state index in [9.17, 15) is 8.42 Å². The van der Waals surface area contributed by atoms with Gasteiger partial charge in [0.15, 0.2) is 0 Å². The first kappa shape index (κ1) is 16.8. The largest absolute Gasteiger partial charge is 0.246 e. The number of halogens is 3. The highest BCUT2D eigenvalue weighted by molar-refractivity contribution is 9.10. The maximum atomic E-state index is 12.6. The smallest absolute Gasteiger partial charge is 0.207 e. The van der Waals surface area contributed by atoms with Gasteiger partial charge in [-0.15, -0.1) is 0 Å². The SMILES string of the molecule is CN(Cc1ccccc1Br)S(=O)(=O)c1c(Cl)cccc1Cl. The Morgan fingerprint density at radius 3 is 2.19 bits per heavy atom. The van der Waals surface area contributed by atoms with Crippen molar-refractivity contribution in [3.8, 4) is 0 Å². The molecule has 0 saturated heterocycles. The van der Waals surface area contributed by atoms with Crippen molar-refractivity contribution < 1.29 is 8.42 Å². The molecule has 0 fully saturated rings. The molecule has 0 unspecified atom stereocenters. The lowest BCUT2D eigenvalue weighted by Gasteiger charge is -2.19. The second-order valence-electron chi connectivity index (χ2n) is 4.40. The van der Waals surface area contributed by atoms with Crippen molar-refractivity contribution in [3.63, 3.8) is 0 Å². The Labute approximate surface area is 142 Å². The Hall–Kier alpha value is -0.590. The number of sulfonamides is 1. The highest BCUT2D eigenvalue weighted by atomic mass is 79.9. The third-order valence-corrected chi connectivity index (χ3v) is 6.47. The van der Waals surface area contributed by atoms with Crippen LogP contribution in [0.25, 0.3) is 0 Å². The number of rotatable bonds is 4. The topological polar surface area (TPSA) is 37.4 Å². The lowest BCUT2D eigenvalue weighted by atomic mass is 10.2. The number of nitrogens with zero attached hydrogens (tertiary/aromatic N) is 1. The van der Waals surface area contributed by atoms with Crippen molar-refractivity contribution >= 4 is 49.2 Å². The van der Waals surface area contributed by atoms with E-state index in [-0.39, 0.29) is 21.5 Å². The molecule has 112 valence electrons. The molecular weight excluding hydrogens is 397 g/mol. The van der Waals surface area contributed by atoms with Gasteiger partial charge in [0.2, 0.25) is 10.0 Å². The minimum atomic E-state index is -3.77. The molecule has 3 nitrogen and oxygen atoms in total. The van der Waals surface area contributed by atoms with Gasteiger partial charge in [0, 0.05) is 18.1 Å². The minimum absolute atomic E-state index is 0.0668. The summed E-state index contributed by atoms with van der Waals surface area (Å²) in [6.45, 7) is 0.214. The van der Waals surface area contributed by atoms with Crippen LogP contribution >= 0.6 is 39.1 Å². The molecule has 2 aromatic rings. The summed E-state index contributed by atoms with van der Waals surface area (Å²) < 4.78 is 27.3. The molecule has 0 amide bonds. The number of hydrogen-bond acceptors (Lipinski definition) is 2. The summed E-state index contributed by atoms with van der Waals surface area (Å²) in [4.78, 5) is -0.0668. The van der Waals surface area contributed by atoms with E-state index < -0.39 is 10.0 Å². The zero-order valence-electron chi connectivity index (χ0n) is 11.1. The second-order valence-corrected chi connectivity index (χ2v) is 8.05. The Morgan fingerprint density at radius 2 is 1.62 bits per heavy atom. The van der Waals surface area contributed by atoms with Crippen LogP contribution in [0.1, 0.15) is 5.56 Å². The fourth-order valence-corrected chi connectivity index (χ4v) is 4.48. The van der Waals surface area contributed by atoms with Crippen molar-refractivity contribution in [1.29, 1.82) is 0 Å². The summed E-state index contributed by atoms with van der Waals surface area (Å²) in [6.07, 6.45) is 0. The second kappa shape index (κ2) is 6.67. The van der Waals surface area contributed by atoms with Gasteiger partial charge < -0.3 is 0 Å². The van der Waals surface area contributed by atoms with Crippen molar-refractivity contribution in [2.75, 3.05) is 7.05 Å². The van der Waals surface area contributed by atoms with Crippen LogP contribution in [0.15, 0.2) is 51.8 Å². The molecule has 7 heteroatoms. The van der Waals surface area contributed by atoms with Crippen LogP contribution in [0.4, 0.5) is 0 Å². The average Bonchev–Trinajstić information content (AvgIpc) is 2.40. The summed E-state index contributed by atoms with van der Waals surface area (Å²) in [7, 11) is -2.27. The summed E-state index contributed by atoms with van der Waals surface area (Å²) >= 11 is 15.4. The quantitative estimate of drug-likeness (QED) is 0.742. The monoisotopic (exact) mass is 407 g/mol. The first-order chi connectivity index (χ1) is 9.84. The van der Waals surface area contributed by atoms with Crippen molar-refractivity contribution in [3.05, 3.63) is 62.5 Å². The van der Waals surface area contributed by atoms with E-state index in [1.54, 1.807) is 6.07 Å². The normalized spacial score (nSPS) is 11.9. The zero-order valence-corrected chi connectivity index (χ0v) is 15.0. The van der Waals surface area contributed by atoms with Crippen LogP contribution in [-0.2, 0) is 16.6 Å². The Balaban J connectivity index is 2.38. The van der Waals surface area contributed by atoms with Gasteiger partial charge in [-0.1, -0.05) is 63.4 Å². The van der Waals surface area contributed by atoms with E-state index in [1.165, 1.54) is 23.5 Å². The van der Waals surface area contributed by atoms with Crippen LogP contribution < -0.4 is 0 Å². The van der Waals surface area contributed by atoms with Gasteiger partial charge in [0.1, 0.15) is 4.90 Å². The standard InChI is InChI=1S/C14H12BrCl2NO2S/c1-18(9-10-5-2-3-6-11(10)15)21(19,20)14-12(16)7-4-8-13(14)17/h2-8H,9H2,1H3. The van der Waals surface area contributed by atoms with Gasteiger partial charge in [-0.05, 0) is 23.8 Å². The van der Waals surface area contributed by atoms with E-state index in [0.717, 1.165) is 10.0 Å². The van der Waals surface area contributed by atoms with Crippen LogP contribution in [0.5, 0.6) is 0 Å². The maximum absolute atomic E-state index is 12.6. The summed E-state index contributed by atoms with van der Waals surface area (Å²) in [5, 5.41) is 0.225. The van der Waals surface area contributed by atoms with Crippen molar-refractivity contribution in [1.82, 2.24) is 4.31 Å². The van der Waals surface area contributed by atoms with E-state index >= 15 is 0 Å². The molecular formula is C14H12BrCl2NO2S. The molecule has 0 spiro atoms. The molecule has 0 atom stereocenters. The predicted octanol–water partition coefficient (Wildman–Crippen LogP) is 4.58. The molecule has 0 aliphatic carbocycles. The zero-order chi connectivity index (χ0) is 15.6. The number of benzene rings is 2. The fraction of sp³-hybridized carbons (Fsp3) is 0.143. The molecule has 0 N–H and O–H groups in total. The van der Waals surface area contributed by atoms with Crippen molar-refractivity contribution in [2.45, 2.75) is 11.4 Å². The fourth-order valence-electron chi connectivity index (χ4n) is 1.84. The highest BCUT2D eigenvalue weighted by Crippen LogP contribution is 2.32. The van der Waals surface area contributed by atoms with Gasteiger partial charge in [-0.3, -0.25) is 0 Å². The number of hydrogen-bond donors (Lipinski definition) is 0. The van der Waals surface area contributed by atoms with Crippen LogP contribution in [0, 0.1) is 0 Å². The van der Waals surface area contributed by atoms with Gasteiger partial charge in [0.25, 0.3) is 0 Å². The molecule has 0 aromatic heterocycles. The molecule has 0 aliphatic rings. The van der Waals surface area contributed by atoms with E-state index in [2.05, 4.69) is 15.9 Å². The third-order valence-electron chi connectivity index (χ3n) is 2.94. The average molecular weight is 409 g/mol. The maximum Gasteiger partial charge on any atom is 0.246 e. The summed E-state index contributed by atoms with van der Waals surface area (Å²) in [5.41, 5.74) is 0.853. The minimum Gasteiger partial charge on any atom is -0.207 e. The van der Waals surface area contributed by atoms with E-state index in [1.807, 2.05) is 24.3 Å². The molecule has 0 saturated carbocycles. The molecule has 0 bridgehead atoms.